The van der Waals surface area contributed by atoms with Gasteiger partial charge in [-0.1, -0.05) is 32.1 Å². The second-order valence-corrected chi connectivity index (χ2v) is 5.33. The summed E-state index contributed by atoms with van der Waals surface area (Å²) in [7, 11) is 0. The molecule has 1 aliphatic heterocycles. The molecule has 0 radical (unpaired) electrons. The van der Waals surface area contributed by atoms with Crippen LogP contribution in [0.4, 0.5) is 0 Å². The SMILES string of the molecule is OC1(C23CCCCC2O3)CCCCC1. The maximum absolute atomic E-state index is 10.7. The summed E-state index contributed by atoms with van der Waals surface area (Å²) in [6.07, 6.45) is 10.9. The molecule has 1 heterocycles. The van der Waals surface area contributed by atoms with Gasteiger partial charge in [0.2, 0.25) is 0 Å². The van der Waals surface area contributed by atoms with Crippen molar-refractivity contribution in [1.82, 2.24) is 0 Å². The van der Waals surface area contributed by atoms with Gasteiger partial charge in [0.1, 0.15) is 5.60 Å². The van der Waals surface area contributed by atoms with E-state index in [0.29, 0.717) is 6.10 Å². The number of ether oxygens (including phenoxy) is 1. The van der Waals surface area contributed by atoms with Crippen LogP contribution in [-0.4, -0.2) is 22.4 Å². The van der Waals surface area contributed by atoms with E-state index in [4.69, 9.17) is 4.74 Å². The molecule has 3 aliphatic rings. The van der Waals surface area contributed by atoms with Crippen molar-refractivity contribution in [2.45, 2.75) is 75.1 Å². The topological polar surface area (TPSA) is 32.8 Å². The number of aliphatic hydroxyl groups is 1. The number of epoxide rings is 1. The van der Waals surface area contributed by atoms with E-state index in [1.54, 1.807) is 0 Å². The Kier molecular flexibility index (Phi) is 1.94. The predicted octanol–water partition coefficient (Wildman–Crippen LogP) is 2.39. The minimum atomic E-state index is -0.462. The molecule has 0 spiro atoms. The molecule has 2 saturated carbocycles. The van der Waals surface area contributed by atoms with Gasteiger partial charge in [-0.2, -0.15) is 0 Å². The summed E-state index contributed by atoms with van der Waals surface area (Å²) >= 11 is 0. The molecule has 2 heteroatoms. The zero-order chi connectivity index (χ0) is 9.65. The molecule has 3 fully saturated rings. The van der Waals surface area contributed by atoms with Crippen LogP contribution in [0.2, 0.25) is 0 Å². The molecule has 0 amide bonds. The summed E-state index contributed by atoms with van der Waals surface area (Å²) in [5, 5.41) is 10.7. The summed E-state index contributed by atoms with van der Waals surface area (Å²) in [5.41, 5.74) is -0.554. The fraction of sp³-hybridized carbons (Fsp3) is 1.00. The van der Waals surface area contributed by atoms with Gasteiger partial charge in [-0.15, -0.1) is 0 Å². The normalized spacial score (nSPS) is 45.6. The summed E-state index contributed by atoms with van der Waals surface area (Å²) in [6.45, 7) is 0. The van der Waals surface area contributed by atoms with Crippen LogP contribution in [-0.2, 0) is 4.74 Å². The van der Waals surface area contributed by atoms with Crippen LogP contribution >= 0.6 is 0 Å². The average Bonchev–Trinajstić information content (AvgIpc) is 2.94. The Labute approximate surface area is 85.6 Å². The van der Waals surface area contributed by atoms with Crippen LogP contribution in [0.15, 0.2) is 0 Å². The third-order valence-corrected chi connectivity index (χ3v) is 4.55. The van der Waals surface area contributed by atoms with Crippen molar-refractivity contribution in [2.24, 2.45) is 0 Å². The quantitative estimate of drug-likeness (QED) is 0.653. The van der Waals surface area contributed by atoms with Crippen molar-refractivity contribution in [3.8, 4) is 0 Å². The lowest BCUT2D eigenvalue weighted by Crippen LogP contribution is -2.49. The molecule has 0 bridgehead atoms. The van der Waals surface area contributed by atoms with Crippen LogP contribution in [0.3, 0.4) is 0 Å². The van der Waals surface area contributed by atoms with E-state index in [9.17, 15) is 5.11 Å². The molecule has 2 nitrogen and oxygen atoms in total. The molecule has 2 aliphatic carbocycles. The largest absolute Gasteiger partial charge is 0.387 e. The van der Waals surface area contributed by atoms with Crippen LogP contribution in [0.1, 0.15) is 57.8 Å². The van der Waals surface area contributed by atoms with Gasteiger partial charge >= 0.3 is 0 Å². The van der Waals surface area contributed by atoms with Crippen molar-refractivity contribution in [1.29, 1.82) is 0 Å². The van der Waals surface area contributed by atoms with Gasteiger partial charge < -0.3 is 9.84 Å². The average molecular weight is 196 g/mol. The fourth-order valence-corrected chi connectivity index (χ4v) is 3.65. The maximum Gasteiger partial charge on any atom is 0.123 e. The molecule has 2 atom stereocenters. The first-order valence-electron chi connectivity index (χ1n) is 6.17. The number of hydrogen-bond donors (Lipinski definition) is 1. The Hall–Kier alpha value is -0.0800. The Morgan fingerprint density at radius 3 is 2.36 bits per heavy atom. The first-order valence-corrected chi connectivity index (χ1v) is 6.17. The molecular weight excluding hydrogens is 176 g/mol. The van der Waals surface area contributed by atoms with Crippen LogP contribution < -0.4 is 0 Å². The van der Waals surface area contributed by atoms with E-state index < -0.39 is 5.60 Å². The fourth-order valence-electron chi connectivity index (χ4n) is 3.65. The Bertz CT molecular complexity index is 227. The third kappa shape index (κ3) is 1.10. The van der Waals surface area contributed by atoms with Crippen molar-refractivity contribution in [3.05, 3.63) is 0 Å². The van der Waals surface area contributed by atoms with E-state index >= 15 is 0 Å². The second kappa shape index (κ2) is 2.96. The predicted molar refractivity (Wildman–Crippen MR) is 54.1 cm³/mol. The summed E-state index contributed by atoms with van der Waals surface area (Å²) < 4.78 is 5.86. The Morgan fingerprint density at radius 2 is 1.64 bits per heavy atom. The summed E-state index contributed by atoms with van der Waals surface area (Å²) in [6, 6.07) is 0. The van der Waals surface area contributed by atoms with Crippen LogP contribution in [0.25, 0.3) is 0 Å². The molecule has 80 valence electrons. The first-order chi connectivity index (χ1) is 6.77. The summed E-state index contributed by atoms with van der Waals surface area (Å²) in [5.74, 6) is 0. The maximum atomic E-state index is 10.7. The first kappa shape index (κ1) is 9.17. The van der Waals surface area contributed by atoms with Gasteiger partial charge in [0.15, 0.2) is 0 Å². The molecule has 3 rings (SSSR count). The highest BCUT2D eigenvalue weighted by Crippen LogP contribution is 2.57. The molecule has 14 heavy (non-hydrogen) atoms. The van der Waals surface area contributed by atoms with Crippen LogP contribution in [0, 0.1) is 0 Å². The molecule has 0 aromatic rings. The van der Waals surface area contributed by atoms with Crippen molar-refractivity contribution in [2.75, 3.05) is 0 Å². The smallest absolute Gasteiger partial charge is 0.123 e. The molecule has 2 unspecified atom stereocenters. The lowest BCUT2D eigenvalue weighted by atomic mass is 9.69. The number of hydrogen-bond acceptors (Lipinski definition) is 2. The number of rotatable bonds is 1. The van der Waals surface area contributed by atoms with Gasteiger partial charge in [0.25, 0.3) is 0 Å². The van der Waals surface area contributed by atoms with Crippen molar-refractivity contribution < 1.29 is 9.84 Å². The monoisotopic (exact) mass is 196 g/mol. The highest BCUT2D eigenvalue weighted by atomic mass is 16.6. The highest BCUT2D eigenvalue weighted by molar-refractivity contribution is 5.17. The van der Waals surface area contributed by atoms with E-state index in [0.717, 1.165) is 19.3 Å². The van der Waals surface area contributed by atoms with Gasteiger partial charge in [0.05, 0.1) is 11.7 Å². The Morgan fingerprint density at radius 1 is 0.929 bits per heavy atom. The van der Waals surface area contributed by atoms with Crippen LogP contribution in [0.5, 0.6) is 0 Å². The standard InChI is InChI=1S/C12H20O2/c13-11(7-3-1-4-8-11)12-9-5-2-6-10(12)14-12/h10,13H,1-9H2. The van der Waals surface area contributed by atoms with E-state index in [1.165, 1.54) is 38.5 Å². The van der Waals surface area contributed by atoms with Gasteiger partial charge in [-0.25, -0.2) is 0 Å². The zero-order valence-electron chi connectivity index (χ0n) is 8.80. The Balaban J connectivity index is 1.80. The third-order valence-electron chi connectivity index (χ3n) is 4.55. The molecule has 0 aromatic heterocycles. The minimum Gasteiger partial charge on any atom is -0.387 e. The second-order valence-electron chi connectivity index (χ2n) is 5.33. The van der Waals surface area contributed by atoms with E-state index in [-0.39, 0.29) is 5.60 Å². The van der Waals surface area contributed by atoms with Gasteiger partial charge in [-0.05, 0) is 25.7 Å². The van der Waals surface area contributed by atoms with E-state index in [1.807, 2.05) is 0 Å². The number of fused-ring (bicyclic) bond motifs is 1. The van der Waals surface area contributed by atoms with Gasteiger partial charge in [-0.3, -0.25) is 0 Å². The van der Waals surface area contributed by atoms with Gasteiger partial charge in [0, 0.05) is 0 Å². The molecular formula is C12H20O2. The molecule has 1 N–H and O–H groups in total. The molecule has 0 aromatic carbocycles. The van der Waals surface area contributed by atoms with Crippen molar-refractivity contribution >= 4 is 0 Å². The van der Waals surface area contributed by atoms with E-state index in [2.05, 4.69) is 0 Å². The lowest BCUT2D eigenvalue weighted by Gasteiger charge is -2.39. The molecule has 1 saturated heterocycles. The zero-order valence-corrected chi connectivity index (χ0v) is 8.80. The lowest BCUT2D eigenvalue weighted by molar-refractivity contribution is -0.0702. The van der Waals surface area contributed by atoms with Crippen molar-refractivity contribution in [3.63, 3.8) is 0 Å². The minimum absolute atomic E-state index is 0.0916. The highest BCUT2D eigenvalue weighted by Gasteiger charge is 2.68. The summed E-state index contributed by atoms with van der Waals surface area (Å²) in [4.78, 5) is 0.